The fourth-order valence-corrected chi connectivity index (χ4v) is 3.23. The molecule has 0 radical (unpaired) electrons. The molecule has 1 aromatic carbocycles. The van der Waals surface area contributed by atoms with E-state index in [1.54, 1.807) is 12.1 Å². The Bertz CT molecular complexity index is 1040. The molecule has 0 spiro atoms. The second-order valence-electron chi connectivity index (χ2n) is 6.46. The highest BCUT2D eigenvalue weighted by molar-refractivity contribution is 6.30. The summed E-state index contributed by atoms with van der Waals surface area (Å²) in [6.45, 7) is 0.353. The van der Waals surface area contributed by atoms with E-state index in [0.717, 1.165) is 5.56 Å². The Morgan fingerprint density at radius 1 is 1.29 bits per heavy atom. The van der Waals surface area contributed by atoms with Crippen molar-refractivity contribution in [1.29, 1.82) is 0 Å². The molecule has 0 saturated carbocycles. The number of aliphatic hydroxyl groups excluding tert-OH is 2. The Balaban J connectivity index is 1.47. The summed E-state index contributed by atoms with van der Waals surface area (Å²) in [7, 11) is 0. The molecule has 0 unspecified atom stereocenters. The molecule has 0 amide bonds. The zero-order valence-corrected chi connectivity index (χ0v) is 15.3. The molecular formula is C17H18ClN5O5. The van der Waals surface area contributed by atoms with Crippen molar-refractivity contribution in [3.8, 4) is 0 Å². The van der Waals surface area contributed by atoms with Crippen molar-refractivity contribution in [2.75, 3.05) is 12.3 Å². The maximum atomic E-state index is 11.9. The van der Waals surface area contributed by atoms with Gasteiger partial charge in [0.1, 0.15) is 18.3 Å². The van der Waals surface area contributed by atoms with Crippen molar-refractivity contribution in [3.05, 3.63) is 51.5 Å². The van der Waals surface area contributed by atoms with Crippen LogP contribution in [-0.4, -0.2) is 54.7 Å². The van der Waals surface area contributed by atoms with Gasteiger partial charge in [0, 0.05) is 5.02 Å². The van der Waals surface area contributed by atoms with Gasteiger partial charge in [0.25, 0.3) is 5.56 Å². The molecule has 28 heavy (non-hydrogen) atoms. The fourth-order valence-electron chi connectivity index (χ4n) is 3.10. The van der Waals surface area contributed by atoms with Crippen LogP contribution in [0.25, 0.3) is 11.2 Å². The summed E-state index contributed by atoms with van der Waals surface area (Å²) >= 11 is 5.85. The molecule has 0 aliphatic carbocycles. The molecule has 2 aromatic heterocycles. The van der Waals surface area contributed by atoms with Gasteiger partial charge in [-0.25, -0.2) is 4.98 Å². The summed E-state index contributed by atoms with van der Waals surface area (Å²) in [5.41, 5.74) is 6.20. The van der Waals surface area contributed by atoms with Crippen LogP contribution in [0.2, 0.25) is 5.02 Å². The minimum Gasteiger partial charge on any atom is -0.387 e. The summed E-state index contributed by atoms with van der Waals surface area (Å²) in [5, 5.41) is 21.4. The minimum atomic E-state index is -1.26. The number of aliphatic hydroxyl groups is 2. The number of rotatable bonds is 5. The first-order valence-electron chi connectivity index (χ1n) is 8.50. The van der Waals surface area contributed by atoms with Gasteiger partial charge in [0.15, 0.2) is 17.4 Å². The summed E-state index contributed by atoms with van der Waals surface area (Å²) in [6, 6.07) is 7.17. The second kappa shape index (κ2) is 7.49. The molecule has 4 atom stereocenters. The van der Waals surface area contributed by atoms with E-state index in [0.29, 0.717) is 11.6 Å². The van der Waals surface area contributed by atoms with Gasteiger partial charge in [-0.1, -0.05) is 23.7 Å². The van der Waals surface area contributed by atoms with E-state index in [4.69, 9.17) is 26.8 Å². The third-order valence-electron chi connectivity index (χ3n) is 4.53. The SMILES string of the molecule is Nc1nc2c(ncn2[C@@H]2O[C@H](COCc3ccc(Cl)cc3)[C@@H](O)[C@H]2O)c(=O)[nH]1. The maximum Gasteiger partial charge on any atom is 0.280 e. The highest BCUT2D eigenvalue weighted by Crippen LogP contribution is 2.31. The molecule has 10 nitrogen and oxygen atoms in total. The number of H-pyrrole nitrogens is 1. The van der Waals surface area contributed by atoms with Crippen LogP contribution in [0.5, 0.6) is 0 Å². The lowest BCUT2D eigenvalue weighted by atomic mass is 10.1. The number of imidazole rings is 1. The van der Waals surface area contributed by atoms with E-state index in [-0.39, 0.29) is 23.7 Å². The minimum absolute atomic E-state index is 0.0557. The summed E-state index contributed by atoms with van der Waals surface area (Å²) in [4.78, 5) is 22.3. The molecule has 5 N–H and O–H groups in total. The van der Waals surface area contributed by atoms with E-state index in [9.17, 15) is 15.0 Å². The first kappa shape index (κ1) is 18.8. The number of nitrogen functional groups attached to an aromatic ring is 1. The fraction of sp³-hybridized carbons (Fsp3) is 0.353. The average molecular weight is 408 g/mol. The monoisotopic (exact) mass is 407 g/mol. The van der Waals surface area contributed by atoms with Crippen molar-refractivity contribution >= 4 is 28.7 Å². The normalized spacial score (nSPS) is 24.8. The Morgan fingerprint density at radius 3 is 2.79 bits per heavy atom. The highest BCUT2D eigenvalue weighted by atomic mass is 35.5. The van der Waals surface area contributed by atoms with E-state index in [1.807, 2.05) is 12.1 Å². The molecule has 11 heteroatoms. The van der Waals surface area contributed by atoms with Crippen LogP contribution < -0.4 is 11.3 Å². The van der Waals surface area contributed by atoms with Gasteiger partial charge in [-0.2, -0.15) is 4.98 Å². The predicted molar refractivity (Wildman–Crippen MR) is 99.6 cm³/mol. The third-order valence-corrected chi connectivity index (χ3v) is 4.78. The number of halogens is 1. The molecule has 148 valence electrons. The molecule has 1 fully saturated rings. The van der Waals surface area contributed by atoms with E-state index >= 15 is 0 Å². The maximum absolute atomic E-state index is 11.9. The molecule has 1 aliphatic heterocycles. The van der Waals surface area contributed by atoms with Gasteiger partial charge in [-0.15, -0.1) is 0 Å². The highest BCUT2D eigenvalue weighted by Gasteiger charge is 2.44. The van der Waals surface area contributed by atoms with Crippen LogP contribution in [0.15, 0.2) is 35.4 Å². The van der Waals surface area contributed by atoms with Crippen molar-refractivity contribution < 1.29 is 19.7 Å². The van der Waals surface area contributed by atoms with Crippen molar-refractivity contribution in [1.82, 2.24) is 19.5 Å². The Hall–Kier alpha value is -2.50. The van der Waals surface area contributed by atoms with Crippen LogP contribution in [0.4, 0.5) is 5.95 Å². The number of aromatic amines is 1. The first-order valence-corrected chi connectivity index (χ1v) is 8.88. The van der Waals surface area contributed by atoms with Crippen LogP contribution in [0.1, 0.15) is 11.8 Å². The van der Waals surface area contributed by atoms with E-state index < -0.39 is 30.1 Å². The molecular weight excluding hydrogens is 390 g/mol. The Labute approximate surface area is 163 Å². The van der Waals surface area contributed by atoms with E-state index in [2.05, 4.69) is 15.0 Å². The quantitative estimate of drug-likeness (QED) is 0.468. The van der Waals surface area contributed by atoms with Crippen molar-refractivity contribution in [3.63, 3.8) is 0 Å². The van der Waals surface area contributed by atoms with Gasteiger partial charge in [0.2, 0.25) is 5.95 Å². The topological polar surface area (TPSA) is 149 Å². The summed E-state index contributed by atoms with van der Waals surface area (Å²) in [6.07, 6.45) is -2.90. The molecule has 0 bridgehead atoms. The Kier molecular flexibility index (Phi) is 5.04. The van der Waals surface area contributed by atoms with Crippen LogP contribution >= 0.6 is 11.6 Å². The molecule has 4 rings (SSSR count). The first-order chi connectivity index (χ1) is 13.4. The standard InChI is InChI=1S/C17H18ClN5O5/c18-9-3-1-8(2-4-9)5-27-6-10-12(24)13(25)16(28-10)23-7-20-11-14(23)21-17(19)22-15(11)26/h1-4,7,10,12-13,16,24-25H,5-6H2,(H3,19,21,22,26)/t10-,12-,13-,16-/m1/s1. The number of nitrogens with two attached hydrogens (primary N) is 1. The lowest BCUT2D eigenvalue weighted by molar-refractivity contribution is -0.0682. The number of hydrogen-bond acceptors (Lipinski definition) is 8. The number of hydrogen-bond donors (Lipinski definition) is 4. The number of nitrogens with one attached hydrogen (secondary N) is 1. The largest absolute Gasteiger partial charge is 0.387 e. The van der Waals surface area contributed by atoms with Crippen molar-refractivity contribution in [2.45, 2.75) is 31.1 Å². The molecule has 3 heterocycles. The number of aromatic nitrogens is 4. The molecule has 1 saturated heterocycles. The van der Waals surface area contributed by atoms with Gasteiger partial charge in [-0.05, 0) is 17.7 Å². The zero-order valence-electron chi connectivity index (χ0n) is 14.5. The van der Waals surface area contributed by atoms with Crippen LogP contribution in [-0.2, 0) is 16.1 Å². The van der Waals surface area contributed by atoms with Gasteiger partial charge >= 0.3 is 0 Å². The van der Waals surface area contributed by atoms with Gasteiger partial charge in [-0.3, -0.25) is 14.3 Å². The number of benzene rings is 1. The second-order valence-corrected chi connectivity index (χ2v) is 6.90. The average Bonchev–Trinajstić information content (AvgIpc) is 3.19. The van der Waals surface area contributed by atoms with Gasteiger partial charge < -0.3 is 25.4 Å². The zero-order chi connectivity index (χ0) is 19.8. The van der Waals surface area contributed by atoms with Gasteiger partial charge in [0.05, 0.1) is 19.5 Å². The third kappa shape index (κ3) is 3.48. The Morgan fingerprint density at radius 2 is 2.04 bits per heavy atom. The summed E-state index contributed by atoms with van der Waals surface area (Å²) in [5.74, 6) is -0.0878. The smallest absolute Gasteiger partial charge is 0.280 e. The predicted octanol–water partition coefficient (Wildman–Crippen LogP) is 0.191. The van der Waals surface area contributed by atoms with Crippen LogP contribution in [0.3, 0.4) is 0 Å². The number of ether oxygens (including phenoxy) is 2. The number of anilines is 1. The molecule has 3 aromatic rings. The van der Waals surface area contributed by atoms with Crippen molar-refractivity contribution in [2.24, 2.45) is 0 Å². The number of nitrogens with zero attached hydrogens (tertiary/aromatic N) is 3. The lowest BCUT2D eigenvalue weighted by Gasteiger charge is -2.16. The number of fused-ring (bicyclic) bond motifs is 1. The lowest BCUT2D eigenvalue weighted by Crippen LogP contribution is -2.33. The van der Waals surface area contributed by atoms with Crippen LogP contribution in [0, 0.1) is 0 Å². The van der Waals surface area contributed by atoms with E-state index in [1.165, 1.54) is 10.9 Å². The molecule has 1 aliphatic rings. The summed E-state index contributed by atoms with van der Waals surface area (Å²) < 4.78 is 12.7.